The van der Waals surface area contributed by atoms with Crippen molar-refractivity contribution >= 4 is 34.5 Å². The Morgan fingerprint density at radius 3 is 2.50 bits per heavy atom. The number of nitrogens with one attached hydrogen (secondary N) is 1. The van der Waals surface area contributed by atoms with E-state index < -0.39 is 0 Å². The van der Waals surface area contributed by atoms with Crippen LogP contribution in [0.25, 0.3) is 5.57 Å². The van der Waals surface area contributed by atoms with Gasteiger partial charge in [0.25, 0.3) is 5.91 Å². The molecule has 3 aromatic rings. The third-order valence-corrected chi connectivity index (χ3v) is 4.57. The van der Waals surface area contributed by atoms with Crippen molar-refractivity contribution in [2.45, 2.75) is 6.54 Å². The summed E-state index contributed by atoms with van der Waals surface area (Å²) in [5.41, 5.74) is 4.36. The largest absolute Gasteiger partial charge is 0.386 e. The van der Waals surface area contributed by atoms with Crippen molar-refractivity contribution in [3.63, 3.8) is 0 Å². The molecule has 1 heterocycles. The molecule has 1 aliphatic heterocycles. The molecule has 0 spiro atoms. The van der Waals surface area contributed by atoms with Gasteiger partial charge in [-0.15, -0.1) is 0 Å². The Hall–Kier alpha value is -3.04. The Morgan fingerprint density at radius 2 is 1.69 bits per heavy atom. The third-order valence-electron chi connectivity index (χ3n) is 4.33. The van der Waals surface area contributed by atoms with Crippen LogP contribution in [0.1, 0.15) is 11.1 Å². The quantitative estimate of drug-likeness (QED) is 0.652. The molecule has 0 atom stereocenters. The fourth-order valence-corrected chi connectivity index (χ4v) is 3.30. The normalized spacial score (nSPS) is 14.6. The number of para-hydroxylation sites is 1. The summed E-state index contributed by atoms with van der Waals surface area (Å²) in [7, 11) is 0. The standard InChI is InChI=1S/C22H17ClN2O/c23-17-9-6-10-18(13-17)25-21-12-5-4-11-19(21)20(22(25)26)15-24-14-16-7-2-1-3-8-16/h1-13,15,24H,14H2/b20-15-. The van der Waals surface area contributed by atoms with Crippen molar-refractivity contribution in [1.29, 1.82) is 0 Å². The lowest BCUT2D eigenvalue weighted by Crippen LogP contribution is -2.21. The molecular formula is C22H17ClN2O. The van der Waals surface area contributed by atoms with Crippen LogP contribution in [-0.4, -0.2) is 5.91 Å². The molecule has 1 N–H and O–H groups in total. The van der Waals surface area contributed by atoms with E-state index in [4.69, 9.17) is 11.6 Å². The molecule has 1 amide bonds. The van der Waals surface area contributed by atoms with Crippen molar-refractivity contribution < 1.29 is 4.79 Å². The number of benzene rings is 3. The number of nitrogens with zero attached hydrogens (tertiary/aromatic N) is 1. The summed E-state index contributed by atoms with van der Waals surface area (Å²) in [4.78, 5) is 14.8. The zero-order valence-corrected chi connectivity index (χ0v) is 14.8. The SMILES string of the molecule is O=C1/C(=C\NCc2ccccc2)c2ccccc2N1c1cccc(Cl)c1. The number of hydrogen-bond acceptors (Lipinski definition) is 2. The Labute approximate surface area is 157 Å². The summed E-state index contributed by atoms with van der Waals surface area (Å²) in [6.45, 7) is 0.664. The smallest absolute Gasteiger partial charge is 0.265 e. The highest BCUT2D eigenvalue weighted by molar-refractivity contribution is 6.35. The van der Waals surface area contributed by atoms with Gasteiger partial charge in [0, 0.05) is 23.3 Å². The van der Waals surface area contributed by atoms with Crippen LogP contribution in [0, 0.1) is 0 Å². The predicted octanol–water partition coefficient (Wildman–Crippen LogP) is 5.15. The second kappa shape index (κ2) is 7.06. The van der Waals surface area contributed by atoms with E-state index >= 15 is 0 Å². The zero-order valence-electron chi connectivity index (χ0n) is 14.0. The molecule has 1 aliphatic rings. The first-order chi connectivity index (χ1) is 12.7. The predicted molar refractivity (Wildman–Crippen MR) is 106 cm³/mol. The van der Waals surface area contributed by atoms with E-state index in [2.05, 4.69) is 5.32 Å². The number of amides is 1. The zero-order chi connectivity index (χ0) is 17.9. The number of fused-ring (bicyclic) bond motifs is 1. The highest BCUT2D eigenvalue weighted by Gasteiger charge is 2.33. The van der Waals surface area contributed by atoms with Crippen LogP contribution in [0.2, 0.25) is 5.02 Å². The summed E-state index contributed by atoms with van der Waals surface area (Å²) in [5, 5.41) is 3.87. The van der Waals surface area contributed by atoms with Gasteiger partial charge in [0.15, 0.2) is 0 Å². The molecule has 0 saturated heterocycles. The highest BCUT2D eigenvalue weighted by Crippen LogP contribution is 2.41. The number of halogens is 1. The maximum absolute atomic E-state index is 13.1. The Morgan fingerprint density at radius 1 is 0.923 bits per heavy atom. The van der Waals surface area contributed by atoms with Gasteiger partial charge in [-0.2, -0.15) is 0 Å². The summed E-state index contributed by atoms with van der Waals surface area (Å²) >= 11 is 6.12. The molecule has 4 rings (SSSR count). The minimum atomic E-state index is -0.0611. The molecule has 0 bridgehead atoms. The molecule has 0 saturated carbocycles. The molecule has 0 fully saturated rings. The van der Waals surface area contributed by atoms with Crippen molar-refractivity contribution in [3.05, 3.63) is 101 Å². The van der Waals surface area contributed by atoms with Gasteiger partial charge in [0.2, 0.25) is 0 Å². The van der Waals surface area contributed by atoms with Gasteiger partial charge >= 0.3 is 0 Å². The average molecular weight is 361 g/mol. The summed E-state index contributed by atoms with van der Waals surface area (Å²) in [6.07, 6.45) is 1.80. The lowest BCUT2D eigenvalue weighted by atomic mass is 10.1. The third kappa shape index (κ3) is 3.09. The Bertz CT molecular complexity index is 982. The van der Waals surface area contributed by atoms with Crippen molar-refractivity contribution in [3.8, 4) is 0 Å². The van der Waals surface area contributed by atoms with Crippen molar-refractivity contribution in [2.24, 2.45) is 0 Å². The van der Waals surface area contributed by atoms with E-state index in [-0.39, 0.29) is 5.91 Å². The van der Waals surface area contributed by atoms with Gasteiger partial charge in [-0.05, 0) is 29.8 Å². The van der Waals surface area contributed by atoms with Crippen LogP contribution in [0.15, 0.2) is 85.1 Å². The molecule has 3 nitrogen and oxygen atoms in total. The molecule has 4 heteroatoms. The second-order valence-electron chi connectivity index (χ2n) is 6.06. The monoisotopic (exact) mass is 360 g/mol. The van der Waals surface area contributed by atoms with E-state index in [0.717, 1.165) is 22.5 Å². The first-order valence-corrected chi connectivity index (χ1v) is 8.79. The molecular weight excluding hydrogens is 344 g/mol. The maximum Gasteiger partial charge on any atom is 0.265 e. The Kier molecular flexibility index (Phi) is 4.46. The van der Waals surface area contributed by atoms with Crippen LogP contribution in [0.5, 0.6) is 0 Å². The van der Waals surface area contributed by atoms with E-state index in [9.17, 15) is 4.79 Å². The summed E-state index contributed by atoms with van der Waals surface area (Å²) in [5.74, 6) is -0.0611. The first-order valence-electron chi connectivity index (χ1n) is 8.41. The lowest BCUT2D eigenvalue weighted by Gasteiger charge is -2.17. The molecule has 0 aliphatic carbocycles. The van der Waals surface area contributed by atoms with E-state index in [1.54, 1.807) is 23.2 Å². The van der Waals surface area contributed by atoms with Gasteiger partial charge in [0.05, 0.1) is 16.9 Å². The number of hydrogen-bond donors (Lipinski definition) is 1. The van der Waals surface area contributed by atoms with Gasteiger partial charge in [-0.25, -0.2) is 0 Å². The minimum Gasteiger partial charge on any atom is -0.386 e. The lowest BCUT2D eigenvalue weighted by molar-refractivity contribution is -0.112. The fourth-order valence-electron chi connectivity index (χ4n) is 3.12. The maximum atomic E-state index is 13.1. The molecule has 3 aromatic carbocycles. The molecule has 0 unspecified atom stereocenters. The van der Waals surface area contributed by atoms with Crippen LogP contribution in [-0.2, 0) is 11.3 Å². The molecule has 26 heavy (non-hydrogen) atoms. The van der Waals surface area contributed by atoms with Gasteiger partial charge in [-0.1, -0.05) is 66.2 Å². The first kappa shape index (κ1) is 16.4. The summed E-state index contributed by atoms with van der Waals surface area (Å²) < 4.78 is 0. The second-order valence-corrected chi connectivity index (χ2v) is 6.50. The van der Waals surface area contributed by atoms with Crippen LogP contribution in [0.3, 0.4) is 0 Å². The number of carbonyl (C=O) groups excluding carboxylic acids is 1. The molecule has 0 aromatic heterocycles. The van der Waals surface area contributed by atoms with Crippen LogP contribution >= 0.6 is 11.6 Å². The van der Waals surface area contributed by atoms with Crippen molar-refractivity contribution in [1.82, 2.24) is 5.32 Å². The fraction of sp³-hybridized carbons (Fsp3) is 0.0455. The van der Waals surface area contributed by atoms with E-state index in [1.807, 2.05) is 66.7 Å². The minimum absolute atomic E-state index is 0.0611. The molecule has 128 valence electrons. The number of carbonyl (C=O) groups is 1. The Balaban J connectivity index is 1.66. The van der Waals surface area contributed by atoms with E-state index in [1.165, 1.54) is 0 Å². The highest BCUT2D eigenvalue weighted by atomic mass is 35.5. The topological polar surface area (TPSA) is 32.3 Å². The van der Waals surface area contributed by atoms with E-state index in [0.29, 0.717) is 17.1 Å². The van der Waals surface area contributed by atoms with Gasteiger partial charge < -0.3 is 5.32 Å². The van der Waals surface area contributed by atoms with Crippen LogP contribution < -0.4 is 10.2 Å². The molecule has 0 radical (unpaired) electrons. The van der Waals surface area contributed by atoms with Gasteiger partial charge in [0.1, 0.15) is 0 Å². The number of anilines is 2. The van der Waals surface area contributed by atoms with Gasteiger partial charge in [-0.3, -0.25) is 9.69 Å². The van der Waals surface area contributed by atoms with Crippen LogP contribution in [0.4, 0.5) is 11.4 Å². The summed E-state index contributed by atoms with van der Waals surface area (Å²) in [6, 6.07) is 25.2. The average Bonchev–Trinajstić information content (AvgIpc) is 2.94. The number of rotatable bonds is 4. The van der Waals surface area contributed by atoms with Crippen molar-refractivity contribution in [2.75, 3.05) is 4.90 Å².